The highest BCUT2D eigenvalue weighted by atomic mass is 35.5. The molecule has 0 aliphatic carbocycles. The number of thiophene rings is 1. The van der Waals surface area contributed by atoms with Gasteiger partial charge in [-0.2, -0.15) is 0 Å². The Balaban J connectivity index is 1.52. The van der Waals surface area contributed by atoms with Crippen molar-refractivity contribution in [1.29, 1.82) is 0 Å². The zero-order valence-electron chi connectivity index (χ0n) is 9.86. The predicted molar refractivity (Wildman–Crippen MR) is 75.6 cm³/mol. The van der Waals surface area contributed by atoms with Gasteiger partial charge in [0.25, 0.3) is 0 Å². The van der Waals surface area contributed by atoms with Crippen LogP contribution in [-0.2, 0) is 13.0 Å². The van der Waals surface area contributed by atoms with Crippen molar-refractivity contribution in [3.8, 4) is 5.75 Å². The summed E-state index contributed by atoms with van der Waals surface area (Å²) in [6.45, 7) is 1.78. The molecule has 0 saturated heterocycles. The van der Waals surface area contributed by atoms with Gasteiger partial charge in [-0.25, -0.2) is 0 Å². The van der Waals surface area contributed by atoms with E-state index in [0.29, 0.717) is 0 Å². The molecule has 0 bridgehead atoms. The second kappa shape index (κ2) is 5.31. The summed E-state index contributed by atoms with van der Waals surface area (Å²) >= 11 is 7.75. The first-order valence-corrected chi connectivity index (χ1v) is 7.25. The maximum Gasteiger partial charge on any atom is 0.123 e. The number of nitrogens with one attached hydrogen (secondary N) is 1. The largest absolute Gasteiger partial charge is 0.488 e. The lowest BCUT2D eigenvalue weighted by molar-refractivity contribution is 0.227. The fourth-order valence-electron chi connectivity index (χ4n) is 2.17. The lowest BCUT2D eigenvalue weighted by atomic mass is 10.1. The molecule has 94 valence electrons. The lowest BCUT2D eigenvalue weighted by Crippen LogP contribution is -2.29. The average molecular weight is 280 g/mol. The Labute approximate surface area is 116 Å². The molecule has 18 heavy (non-hydrogen) atoms. The maximum atomic E-state index is 5.97. The summed E-state index contributed by atoms with van der Waals surface area (Å²) in [7, 11) is 0. The van der Waals surface area contributed by atoms with E-state index >= 15 is 0 Å². The van der Waals surface area contributed by atoms with Crippen molar-refractivity contribution in [3.05, 3.63) is 51.2 Å². The smallest absolute Gasteiger partial charge is 0.123 e. The van der Waals surface area contributed by atoms with Crippen LogP contribution in [0, 0.1) is 0 Å². The molecule has 0 amide bonds. The summed E-state index contributed by atoms with van der Waals surface area (Å²) < 4.78 is 5.86. The highest BCUT2D eigenvalue weighted by Crippen LogP contribution is 2.30. The Bertz CT molecular complexity index is 527. The van der Waals surface area contributed by atoms with Gasteiger partial charge in [0.05, 0.1) is 0 Å². The summed E-state index contributed by atoms with van der Waals surface area (Å²) in [6, 6.07) is 10.0. The number of ether oxygens (including phenoxy) is 1. The number of fused-ring (bicyclic) bond motifs is 1. The minimum Gasteiger partial charge on any atom is -0.488 e. The Hall–Kier alpha value is -1.03. The summed E-state index contributed by atoms with van der Waals surface area (Å²) in [4.78, 5) is 1.36. The molecule has 1 atom stereocenters. The molecule has 0 spiro atoms. The van der Waals surface area contributed by atoms with E-state index in [-0.39, 0.29) is 6.10 Å². The monoisotopic (exact) mass is 279 g/mol. The Morgan fingerprint density at radius 2 is 2.33 bits per heavy atom. The molecule has 1 N–H and O–H groups in total. The highest BCUT2D eigenvalue weighted by molar-refractivity contribution is 7.09. The van der Waals surface area contributed by atoms with Crippen LogP contribution in [0.25, 0.3) is 0 Å². The van der Waals surface area contributed by atoms with Crippen LogP contribution in [0.4, 0.5) is 0 Å². The van der Waals surface area contributed by atoms with Gasteiger partial charge in [0.2, 0.25) is 0 Å². The number of hydrogen-bond donors (Lipinski definition) is 1. The summed E-state index contributed by atoms with van der Waals surface area (Å²) in [5.74, 6) is 0.974. The van der Waals surface area contributed by atoms with Gasteiger partial charge >= 0.3 is 0 Å². The summed E-state index contributed by atoms with van der Waals surface area (Å²) in [5.41, 5.74) is 1.21. The molecule has 3 rings (SSSR count). The van der Waals surface area contributed by atoms with Crippen molar-refractivity contribution in [2.75, 3.05) is 6.54 Å². The maximum absolute atomic E-state index is 5.97. The van der Waals surface area contributed by atoms with E-state index in [4.69, 9.17) is 16.3 Å². The molecule has 1 aromatic carbocycles. The van der Waals surface area contributed by atoms with E-state index in [9.17, 15) is 0 Å². The number of hydrogen-bond acceptors (Lipinski definition) is 3. The second-order valence-corrected chi connectivity index (χ2v) is 5.87. The first kappa shape index (κ1) is 12.0. The molecule has 1 aliphatic heterocycles. The molecular weight excluding hydrogens is 266 g/mol. The van der Waals surface area contributed by atoms with Crippen LogP contribution in [0.15, 0.2) is 35.7 Å². The van der Waals surface area contributed by atoms with E-state index in [1.165, 1.54) is 10.4 Å². The second-order valence-electron chi connectivity index (χ2n) is 4.41. The van der Waals surface area contributed by atoms with E-state index < -0.39 is 0 Å². The van der Waals surface area contributed by atoms with E-state index in [0.717, 1.165) is 30.3 Å². The van der Waals surface area contributed by atoms with Crippen molar-refractivity contribution < 1.29 is 4.74 Å². The van der Waals surface area contributed by atoms with Crippen molar-refractivity contribution in [2.24, 2.45) is 0 Å². The standard InChI is InChI=1S/C14H14ClNOS/c15-11-3-4-14-10(6-11)7-12(17-14)8-16-9-13-2-1-5-18-13/h1-6,12,16H,7-9H2. The average Bonchev–Trinajstić information content (AvgIpc) is 2.97. The Kier molecular flexibility index (Phi) is 3.55. The van der Waals surface area contributed by atoms with Gasteiger partial charge < -0.3 is 10.1 Å². The van der Waals surface area contributed by atoms with E-state index in [1.807, 2.05) is 18.2 Å². The molecule has 1 aromatic heterocycles. The molecule has 2 aromatic rings. The molecular formula is C14H14ClNOS. The van der Waals surface area contributed by atoms with Crippen LogP contribution in [0.3, 0.4) is 0 Å². The van der Waals surface area contributed by atoms with Crippen molar-refractivity contribution in [1.82, 2.24) is 5.32 Å². The zero-order chi connectivity index (χ0) is 12.4. The van der Waals surface area contributed by atoms with Crippen molar-refractivity contribution in [2.45, 2.75) is 19.1 Å². The molecule has 0 saturated carbocycles. The van der Waals surface area contributed by atoms with Crippen molar-refractivity contribution in [3.63, 3.8) is 0 Å². The van der Waals surface area contributed by atoms with E-state index in [2.05, 4.69) is 22.8 Å². The Morgan fingerprint density at radius 3 is 3.17 bits per heavy atom. The molecule has 1 unspecified atom stereocenters. The van der Waals surface area contributed by atoms with Crippen molar-refractivity contribution >= 4 is 22.9 Å². The first-order chi connectivity index (χ1) is 8.81. The van der Waals surface area contributed by atoms with E-state index in [1.54, 1.807) is 11.3 Å². The molecule has 4 heteroatoms. The third kappa shape index (κ3) is 2.69. The quantitative estimate of drug-likeness (QED) is 0.925. The van der Waals surface area contributed by atoms with Gasteiger partial charge in [0.15, 0.2) is 0 Å². The fraction of sp³-hybridized carbons (Fsp3) is 0.286. The molecule has 0 radical (unpaired) electrons. The normalized spacial score (nSPS) is 17.5. The van der Waals surface area contributed by atoms with Gasteiger partial charge in [-0.05, 0) is 35.2 Å². The molecule has 2 nitrogen and oxygen atoms in total. The molecule has 0 fully saturated rings. The van der Waals surface area contributed by atoms with Gasteiger partial charge in [-0.15, -0.1) is 11.3 Å². The van der Waals surface area contributed by atoms with Gasteiger partial charge in [-0.3, -0.25) is 0 Å². The van der Waals surface area contributed by atoms with Gasteiger partial charge in [0, 0.05) is 29.4 Å². The minimum atomic E-state index is 0.221. The van der Waals surface area contributed by atoms with Gasteiger partial charge in [-0.1, -0.05) is 17.7 Å². The van der Waals surface area contributed by atoms with Gasteiger partial charge in [0.1, 0.15) is 11.9 Å². The third-order valence-corrected chi connectivity index (χ3v) is 4.13. The number of benzene rings is 1. The van der Waals surface area contributed by atoms with Crippen LogP contribution in [0.2, 0.25) is 5.02 Å². The summed E-state index contributed by atoms with van der Waals surface area (Å²) in [5, 5.41) is 6.31. The highest BCUT2D eigenvalue weighted by Gasteiger charge is 2.22. The minimum absolute atomic E-state index is 0.221. The predicted octanol–water partition coefficient (Wildman–Crippen LogP) is 3.49. The first-order valence-electron chi connectivity index (χ1n) is 5.99. The zero-order valence-corrected chi connectivity index (χ0v) is 11.4. The lowest BCUT2D eigenvalue weighted by Gasteiger charge is -2.11. The molecule has 2 heterocycles. The third-order valence-electron chi connectivity index (χ3n) is 3.02. The van der Waals surface area contributed by atoms with Crippen LogP contribution in [0.1, 0.15) is 10.4 Å². The number of rotatable bonds is 4. The SMILES string of the molecule is Clc1ccc2c(c1)CC(CNCc1cccs1)O2. The number of halogens is 1. The topological polar surface area (TPSA) is 21.3 Å². The summed E-state index contributed by atoms with van der Waals surface area (Å²) in [6.07, 6.45) is 1.16. The fourth-order valence-corrected chi connectivity index (χ4v) is 3.04. The van der Waals surface area contributed by atoms with Crippen LogP contribution in [-0.4, -0.2) is 12.6 Å². The molecule has 1 aliphatic rings. The van der Waals surface area contributed by atoms with Crippen LogP contribution >= 0.6 is 22.9 Å². The Morgan fingerprint density at radius 1 is 1.39 bits per heavy atom. The van der Waals surface area contributed by atoms with Crippen LogP contribution < -0.4 is 10.1 Å². The van der Waals surface area contributed by atoms with Crippen LogP contribution in [0.5, 0.6) is 5.75 Å².